The van der Waals surface area contributed by atoms with E-state index in [0.717, 1.165) is 18.9 Å². The van der Waals surface area contributed by atoms with E-state index in [1.807, 2.05) is 0 Å². The number of phenols is 1. The van der Waals surface area contributed by atoms with Crippen molar-refractivity contribution in [2.45, 2.75) is 32.7 Å². The highest BCUT2D eigenvalue weighted by Crippen LogP contribution is 2.23. The van der Waals surface area contributed by atoms with Crippen molar-refractivity contribution in [1.29, 1.82) is 0 Å². The molecule has 0 aromatic heterocycles. The molecule has 1 heterocycles. The van der Waals surface area contributed by atoms with Gasteiger partial charge in [0.05, 0.1) is 0 Å². The molecule has 0 spiro atoms. The van der Waals surface area contributed by atoms with E-state index < -0.39 is 11.7 Å². The molecule has 0 bridgehead atoms. The minimum absolute atomic E-state index is 0.0620. The lowest BCUT2D eigenvalue weighted by atomic mass is 10.0. The fraction of sp³-hybridized carbons (Fsp3) is 0.500. The fourth-order valence-electron chi connectivity index (χ4n) is 2.53. The molecule has 1 aliphatic rings. The van der Waals surface area contributed by atoms with Crippen LogP contribution in [0.5, 0.6) is 5.75 Å². The third-order valence-electron chi connectivity index (χ3n) is 3.78. The minimum Gasteiger partial charge on any atom is -0.507 e. The van der Waals surface area contributed by atoms with Crippen molar-refractivity contribution in [3.8, 4) is 5.75 Å². The van der Waals surface area contributed by atoms with E-state index in [9.17, 15) is 19.1 Å². The van der Waals surface area contributed by atoms with Crippen LogP contribution in [0, 0.1) is 11.7 Å². The van der Waals surface area contributed by atoms with Crippen molar-refractivity contribution in [2.75, 3.05) is 13.1 Å². The summed E-state index contributed by atoms with van der Waals surface area (Å²) in [7, 11) is 0. The van der Waals surface area contributed by atoms with Gasteiger partial charge >= 0.3 is 0 Å². The summed E-state index contributed by atoms with van der Waals surface area (Å²) < 4.78 is 13.8. The van der Waals surface area contributed by atoms with Crippen molar-refractivity contribution >= 4 is 11.8 Å². The lowest BCUT2D eigenvalue weighted by Gasteiger charge is -2.33. The maximum absolute atomic E-state index is 13.8. The Morgan fingerprint density at radius 1 is 1.41 bits per heavy atom. The predicted molar refractivity (Wildman–Crippen MR) is 80.0 cm³/mol. The molecule has 0 radical (unpaired) electrons. The van der Waals surface area contributed by atoms with E-state index >= 15 is 0 Å². The number of halogens is 1. The monoisotopic (exact) mass is 308 g/mol. The zero-order chi connectivity index (χ0) is 16.3. The molecule has 120 valence electrons. The first-order valence-electron chi connectivity index (χ1n) is 7.47. The van der Waals surface area contributed by atoms with Crippen molar-refractivity contribution in [3.05, 3.63) is 29.6 Å². The molecule has 2 rings (SSSR count). The van der Waals surface area contributed by atoms with Gasteiger partial charge in [-0.15, -0.1) is 0 Å². The van der Waals surface area contributed by atoms with Gasteiger partial charge in [0.2, 0.25) is 5.91 Å². The topological polar surface area (TPSA) is 69.6 Å². The Morgan fingerprint density at radius 3 is 2.77 bits per heavy atom. The Hall–Kier alpha value is -2.11. The number of hydrogen-bond donors (Lipinski definition) is 2. The largest absolute Gasteiger partial charge is 0.507 e. The molecule has 2 N–H and O–H groups in total. The zero-order valence-electron chi connectivity index (χ0n) is 12.8. The number of aromatic hydroxyl groups is 1. The van der Waals surface area contributed by atoms with Gasteiger partial charge in [-0.1, -0.05) is 19.9 Å². The first-order chi connectivity index (χ1) is 10.4. The highest BCUT2D eigenvalue weighted by Gasteiger charge is 2.28. The van der Waals surface area contributed by atoms with E-state index in [0.29, 0.717) is 13.1 Å². The van der Waals surface area contributed by atoms with E-state index in [1.54, 1.807) is 13.8 Å². The van der Waals surface area contributed by atoms with E-state index in [4.69, 9.17) is 0 Å². The summed E-state index contributed by atoms with van der Waals surface area (Å²) in [5, 5.41) is 12.6. The molecular formula is C16H21FN2O3. The lowest BCUT2D eigenvalue weighted by molar-refractivity contribution is -0.125. The SMILES string of the molecule is CC(C)C(=O)NC1CCCN(C(=O)c2c(O)cccc2F)C1. The van der Waals surface area contributed by atoms with Gasteiger partial charge in [-0.25, -0.2) is 4.39 Å². The number of phenolic OH excluding ortho intramolecular Hbond substituents is 1. The van der Waals surface area contributed by atoms with Crippen LogP contribution in [0.15, 0.2) is 18.2 Å². The number of carbonyl (C=O) groups excluding carboxylic acids is 2. The number of likely N-dealkylation sites (tertiary alicyclic amines) is 1. The Labute approximate surface area is 129 Å². The van der Waals surface area contributed by atoms with Crippen LogP contribution >= 0.6 is 0 Å². The number of nitrogens with one attached hydrogen (secondary N) is 1. The molecule has 1 unspecified atom stereocenters. The van der Waals surface area contributed by atoms with Crippen molar-refractivity contribution < 1.29 is 19.1 Å². The first kappa shape index (κ1) is 16.3. The smallest absolute Gasteiger partial charge is 0.260 e. The zero-order valence-corrected chi connectivity index (χ0v) is 12.8. The summed E-state index contributed by atoms with van der Waals surface area (Å²) in [5.41, 5.74) is -0.307. The van der Waals surface area contributed by atoms with E-state index in [2.05, 4.69) is 5.32 Å². The van der Waals surface area contributed by atoms with Gasteiger partial charge in [-0.05, 0) is 25.0 Å². The van der Waals surface area contributed by atoms with Crippen LogP contribution in [0.4, 0.5) is 4.39 Å². The van der Waals surface area contributed by atoms with Gasteiger partial charge in [-0.2, -0.15) is 0 Å². The van der Waals surface area contributed by atoms with Crippen LogP contribution in [-0.2, 0) is 4.79 Å². The van der Waals surface area contributed by atoms with Crippen LogP contribution < -0.4 is 5.32 Å². The van der Waals surface area contributed by atoms with Crippen molar-refractivity contribution in [1.82, 2.24) is 10.2 Å². The van der Waals surface area contributed by atoms with Gasteiger partial charge in [0.15, 0.2) is 0 Å². The number of rotatable bonds is 3. The van der Waals surface area contributed by atoms with Gasteiger partial charge in [-0.3, -0.25) is 9.59 Å². The predicted octanol–water partition coefficient (Wildman–Crippen LogP) is 1.91. The van der Waals surface area contributed by atoms with E-state index in [-0.39, 0.29) is 29.2 Å². The summed E-state index contributed by atoms with van der Waals surface area (Å²) in [6.07, 6.45) is 1.51. The number of carbonyl (C=O) groups is 2. The quantitative estimate of drug-likeness (QED) is 0.896. The first-order valence-corrected chi connectivity index (χ1v) is 7.47. The molecule has 1 saturated heterocycles. The Balaban J connectivity index is 2.09. The Morgan fingerprint density at radius 2 is 2.14 bits per heavy atom. The second-order valence-corrected chi connectivity index (χ2v) is 5.89. The van der Waals surface area contributed by atoms with Gasteiger partial charge in [0.1, 0.15) is 17.1 Å². The Bertz CT molecular complexity index is 554. The molecular weight excluding hydrogens is 287 g/mol. The Kier molecular flexibility index (Phi) is 5.00. The molecule has 1 atom stereocenters. The minimum atomic E-state index is -0.738. The lowest BCUT2D eigenvalue weighted by Crippen LogP contribution is -2.50. The highest BCUT2D eigenvalue weighted by atomic mass is 19.1. The van der Waals surface area contributed by atoms with Crippen LogP contribution in [0.1, 0.15) is 37.0 Å². The van der Waals surface area contributed by atoms with Crippen LogP contribution in [0.2, 0.25) is 0 Å². The van der Waals surface area contributed by atoms with Crippen LogP contribution in [0.25, 0.3) is 0 Å². The third kappa shape index (κ3) is 3.55. The van der Waals surface area contributed by atoms with Gasteiger partial charge < -0.3 is 15.3 Å². The molecule has 1 aromatic carbocycles. The molecule has 2 amide bonds. The molecule has 1 fully saturated rings. The van der Waals surface area contributed by atoms with Crippen LogP contribution in [-0.4, -0.2) is 41.0 Å². The summed E-state index contributed by atoms with van der Waals surface area (Å²) in [6, 6.07) is 3.65. The summed E-state index contributed by atoms with van der Waals surface area (Å²) in [5.74, 6) is -1.83. The average molecular weight is 308 g/mol. The number of benzene rings is 1. The number of hydrogen-bond acceptors (Lipinski definition) is 3. The molecule has 1 aliphatic heterocycles. The number of nitrogens with zero attached hydrogens (tertiary/aromatic N) is 1. The van der Waals surface area contributed by atoms with E-state index in [1.165, 1.54) is 17.0 Å². The number of piperidine rings is 1. The van der Waals surface area contributed by atoms with Crippen LogP contribution in [0.3, 0.4) is 0 Å². The highest BCUT2D eigenvalue weighted by molar-refractivity contribution is 5.97. The number of amides is 2. The van der Waals surface area contributed by atoms with Crippen molar-refractivity contribution in [2.24, 2.45) is 5.92 Å². The molecule has 0 saturated carbocycles. The molecule has 0 aliphatic carbocycles. The third-order valence-corrected chi connectivity index (χ3v) is 3.78. The average Bonchev–Trinajstić information content (AvgIpc) is 2.47. The summed E-state index contributed by atoms with van der Waals surface area (Å²) in [4.78, 5) is 25.7. The maximum Gasteiger partial charge on any atom is 0.260 e. The normalized spacial score (nSPS) is 18.4. The molecule has 5 nitrogen and oxygen atoms in total. The molecule has 6 heteroatoms. The molecule has 22 heavy (non-hydrogen) atoms. The maximum atomic E-state index is 13.8. The molecule has 1 aromatic rings. The standard InChI is InChI=1S/C16H21FN2O3/c1-10(2)15(21)18-11-5-4-8-19(9-11)16(22)14-12(17)6-3-7-13(14)20/h3,6-7,10-11,20H,4-5,8-9H2,1-2H3,(H,18,21). The second-order valence-electron chi connectivity index (χ2n) is 5.89. The second kappa shape index (κ2) is 6.77. The fourth-order valence-corrected chi connectivity index (χ4v) is 2.53. The summed E-state index contributed by atoms with van der Waals surface area (Å²) in [6.45, 7) is 4.42. The van der Waals surface area contributed by atoms with Gasteiger partial charge in [0, 0.05) is 25.0 Å². The summed E-state index contributed by atoms with van der Waals surface area (Å²) >= 11 is 0. The van der Waals surface area contributed by atoms with Gasteiger partial charge in [0.25, 0.3) is 5.91 Å². The van der Waals surface area contributed by atoms with Crippen molar-refractivity contribution in [3.63, 3.8) is 0 Å².